The van der Waals surface area contributed by atoms with Crippen LogP contribution in [0.2, 0.25) is 0 Å². The van der Waals surface area contributed by atoms with Crippen molar-refractivity contribution in [2.75, 3.05) is 31.9 Å². The summed E-state index contributed by atoms with van der Waals surface area (Å²) in [6.07, 6.45) is 1.99. The van der Waals surface area contributed by atoms with Gasteiger partial charge in [0.15, 0.2) is 0 Å². The Morgan fingerprint density at radius 2 is 2.17 bits per heavy atom. The number of aliphatic hydroxyl groups is 1. The van der Waals surface area contributed by atoms with Gasteiger partial charge in [0.05, 0.1) is 5.60 Å². The van der Waals surface area contributed by atoms with Crippen LogP contribution in [0, 0.1) is 0 Å². The van der Waals surface area contributed by atoms with Crippen LogP contribution < -0.4 is 10.6 Å². The summed E-state index contributed by atoms with van der Waals surface area (Å²) in [6.45, 7) is 3.33. The average molecular weight is 266 g/mol. The van der Waals surface area contributed by atoms with E-state index in [4.69, 9.17) is 0 Å². The van der Waals surface area contributed by atoms with E-state index in [1.807, 2.05) is 17.8 Å². The van der Waals surface area contributed by atoms with Crippen LogP contribution in [0.15, 0.2) is 35.2 Å². The van der Waals surface area contributed by atoms with Crippen LogP contribution in [0.1, 0.15) is 12.8 Å². The molecule has 18 heavy (non-hydrogen) atoms. The third-order valence-corrected chi connectivity index (χ3v) is 4.28. The van der Waals surface area contributed by atoms with Gasteiger partial charge in [-0.05, 0) is 43.8 Å². The van der Waals surface area contributed by atoms with Crippen LogP contribution in [0.3, 0.4) is 0 Å². The maximum absolute atomic E-state index is 10.1. The SMILES string of the molecule is OC1(CNCCCSc2ccccc2)CCNC1. The van der Waals surface area contributed by atoms with Gasteiger partial charge < -0.3 is 15.7 Å². The molecule has 4 heteroatoms. The van der Waals surface area contributed by atoms with E-state index in [9.17, 15) is 5.11 Å². The van der Waals surface area contributed by atoms with Crippen LogP contribution >= 0.6 is 11.8 Å². The number of β-amino-alcohol motifs (C(OH)–C–C–N with tert-alkyl or cyclic N) is 1. The maximum atomic E-state index is 10.1. The van der Waals surface area contributed by atoms with Gasteiger partial charge in [-0.1, -0.05) is 18.2 Å². The molecule has 0 saturated carbocycles. The third-order valence-electron chi connectivity index (χ3n) is 3.19. The lowest BCUT2D eigenvalue weighted by molar-refractivity contribution is 0.0614. The zero-order valence-electron chi connectivity index (χ0n) is 10.7. The van der Waals surface area contributed by atoms with Crippen molar-refractivity contribution in [1.82, 2.24) is 10.6 Å². The largest absolute Gasteiger partial charge is 0.387 e. The first kappa shape index (κ1) is 13.9. The van der Waals surface area contributed by atoms with Crippen molar-refractivity contribution < 1.29 is 5.11 Å². The number of rotatable bonds is 7. The Bertz CT molecular complexity index is 339. The molecule has 0 aromatic heterocycles. The lowest BCUT2D eigenvalue weighted by Crippen LogP contribution is -2.42. The monoisotopic (exact) mass is 266 g/mol. The Kier molecular flexibility index (Phi) is 5.50. The summed E-state index contributed by atoms with van der Waals surface area (Å²) < 4.78 is 0. The Morgan fingerprint density at radius 3 is 2.89 bits per heavy atom. The molecule has 1 aliphatic rings. The van der Waals surface area contributed by atoms with Crippen molar-refractivity contribution in [2.45, 2.75) is 23.3 Å². The maximum Gasteiger partial charge on any atom is 0.0907 e. The first-order valence-electron chi connectivity index (χ1n) is 6.60. The van der Waals surface area contributed by atoms with Crippen molar-refractivity contribution >= 4 is 11.8 Å². The van der Waals surface area contributed by atoms with Gasteiger partial charge in [0, 0.05) is 18.0 Å². The van der Waals surface area contributed by atoms with E-state index >= 15 is 0 Å². The molecule has 0 spiro atoms. The normalized spacial score (nSPS) is 23.4. The van der Waals surface area contributed by atoms with Gasteiger partial charge in [-0.2, -0.15) is 0 Å². The van der Waals surface area contributed by atoms with Gasteiger partial charge >= 0.3 is 0 Å². The molecule has 1 atom stereocenters. The van der Waals surface area contributed by atoms with Crippen molar-refractivity contribution in [3.63, 3.8) is 0 Å². The zero-order chi connectivity index (χ0) is 12.7. The average Bonchev–Trinajstić information content (AvgIpc) is 2.82. The molecule has 0 bridgehead atoms. The van der Waals surface area contributed by atoms with Gasteiger partial charge in [-0.3, -0.25) is 0 Å². The zero-order valence-corrected chi connectivity index (χ0v) is 11.5. The number of nitrogens with one attached hydrogen (secondary N) is 2. The summed E-state index contributed by atoms with van der Waals surface area (Å²) in [4.78, 5) is 1.33. The Morgan fingerprint density at radius 1 is 1.33 bits per heavy atom. The molecule has 100 valence electrons. The van der Waals surface area contributed by atoms with E-state index in [0.717, 1.165) is 38.2 Å². The van der Waals surface area contributed by atoms with E-state index < -0.39 is 5.60 Å². The molecule has 1 fully saturated rings. The van der Waals surface area contributed by atoms with E-state index in [0.29, 0.717) is 6.54 Å². The minimum Gasteiger partial charge on any atom is -0.387 e. The first-order valence-corrected chi connectivity index (χ1v) is 7.59. The number of benzene rings is 1. The Labute approximate surface area is 113 Å². The fourth-order valence-corrected chi connectivity index (χ4v) is 2.98. The van der Waals surface area contributed by atoms with Crippen LogP contribution in [-0.2, 0) is 0 Å². The van der Waals surface area contributed by atoms with Crippen LogP contribution in [-0.4, -0.2) is 42.6 Å². The highest BCUT2D eigenvalue weighted by Crippen LogP contribution is 2.17. The summed E-state index contributed by atoms with van der Waals surface area (Å²) in [7, 11) is 0. The smallest absolute Gasteiger partial charge is 0.0907 e. The van der Waals surface area contributed by atoms with Crippen LogP contribution in [0.5, 0.6) is 0 Å². The van der Waals surface area contributed by atoms with Gasteiger partial charge in [-0.15, -0.1) is 11.8 Å². The fraction of sp³-hybridized carbons (Fsp3) is 0.571. The standard InChI is InChI=1S/C14H22N2OS/c17-14(7-9-16-12-14)11-15-8-4-10-18-13-5-2-1-3-6-13/h1-3,5-6,15-17H,4,7-12H2. The molecular formula is C14H22N2OS. The molecule has 1 aromatic carbocycles. The molecule has 2 rings (SSSR count). The minimum atomic E-state index is -0.521. The van der Waals surface area contributed by atoms with E-state index in [1.54, 1.807) is 0 Å². The Hall–Kier alpha value is -0.550. The molecule has 1 saturated heterocycles. The van der Waals surface area contributed by atoms with Gasteiger partial charge in [0.2, 0.25) is 0 Å². The van der Waals surface area contributed by atoms with Crippen LogP contribution in [0.4, 0.5) is 0 Å². The summed E-state index contributed by atoms with van der Waals surface area (Å²) in [5, 5.41) is 16.6. The molecule has 3 nitrogen and oxygen atoms in total. The summed E-state index contributed by atoms with van der Waals surface area (Å²) in [6, 6.07) is 10.5. The minimum absolute atomic E-state index is 0.521. The van der Waals surface area contributed by atoms with Gasteiger partial charge in [0.1, 0.15) is 0 Å². The molecule has 0 aliphatic carbocycles. The molecule has 0 amide bonds. The fourth-order valence-electron chi connectivity index (χ4n) is 2.11. The highest BCUT2D eigenvalue weighted by molar-refractivity contribution is 7.99. The molecule has 1 aliphatic heterocycles. The van der Waals surface area contributed by atoms with Crippen molar-refractivity contribution in [3.05, 3.63) is 30.3 Å². The number of thioether (sulfide) groups is 1. The quantitative estimate of drug-likeness (QED) is 0.517. The summed E-state index contributed by atoms with van der Waals surface area (Å²) >= 11 is 1.89. The molecule has 1 unspecified atom stereocenters. The first-order chi connectivity index (χ1) is 8.79. The predicted molar refractivity (Wildman–Crippen MR) is 77.1 cm³/mol. The van der Waals surface area contributed by atoms with E-state index in [2.05, 4.69) is 34.9 Å². The number of hydrogen-bond donors (Lipinski definition) is 3. The van der Waals surface area contributed by atoms with Crippen LogP contribution in [0.25, 0.3) is 0 Å². The topological polar surface area (TPSA) is 44.3 Å². The summed E-state index contributed by atoms with van der Waals surface area (Å²) in [5.74, 6) is 1.12. The second kappa shape index (κ2) is 7.14. The lowest BCUT2D eigenvalue weighted by Gasteiger charge is -2.21. The number of hydrogen-bond acceptors (Lipinski definition) is 4. The lowest BCUT2D eigenvalue weighted by atomic mass is 10.0. The van der Waals surface area contributed by atoms with E-state index in [1.165, 1.54) is 4.90 Å². The second-order valence-electron chi connectivity index (χ2n) is 4.84. The van der Waals surface area contributed by atoms with Gasteiger partial charge in [-0.25, -0.2) is 0 Å². The van der Waals surface area contributed by atoms with E-state index in [-0.39, 0.29) is 0 Å². The van der Waals surface area contributed by atoms with Crippen molar-refractivity contribution in [3.8, 4) is 0 Å². The summed E-state index contributed by atoms with van der Waals surface area (Å²) in [5.41, 5.74) is -0.521. The highest BCUT2D eigenvalue weighted by atomic mass is 32.2. The van der Waals surface area contributed by atoms with Crippen molar-refractivity contribution in [1.29, 1.82) is 0 Å². The molecule has 3 N–H and O–H groups in total. The third kappa shape index (κ3) is 4.61. The highest BCUT2D eigenvalue weighted by Gasteiger charge is 2.29. The molecule has 1 heterocycles. The van der Waals surface area contributed by atoms with Crippen molar-refractivity contribution in [2.24, 2.45) is 0 Å². The Balaban J connectivity index is 1.51. The molecule has 0 radical (unpaired) electrons. The van der Waals surface area contributed by atoms with Gasteiger partial charge in [0.25, 0.3) is 0 Å². The molecular weight excluding hydrogens is 244 g/mol. The molecule has 1 aromatic rings. The second-order valence-corrected chi connectivity index (χ2v) is 6.01. The predicted octanol–water partition coefficient (Wildman–Crippen LogP) is 1.48.